The molecule has 2 heterocycles. The number of H-pyrrole nitrogens is 1. The Hall–Kier alpha value is -2.35. The molecule has 0 saturated carbocycles. The number of benzene rings is 1. The summed E-state index contributed by atoms with van der Waals surface area (Å²) in [5.41, 5.74) is 0.337. The van der Waals surface area contributed by atoms with Gasteiger partial charge in [-0.3, -0.25) is 14.7 Å². The van der Waals surface area contributed by atoms with Gasteiger partial charge in [0.1, 0.15) is 0 Å². The summed E-state index contributed by atoms with van der Waals surface area (Å²) in [5, 5.41) is 20.7. The highest BCUT2D eigenvalue weighted by atomic mass is 32.2. The Kier molecular flexibility index (Phi) is 3.15. The molecule has 0 saturated heterocycles. The predicted octanol–water partition coefficient (Wildman–Crippen LogP) is 0.889. The Bertz CT molecular complexity index is 855. The van der Waals surface area contributed by atoms with Gasteiger partial charge in [0.2, 0.25) is 0 Å². The third-order valence-corrected chi connectivity index (χ3v) is 3.73. The summed E-state index contributed by atoms with van der Waals surface area (Å²) < 4.78 is 1.51. The third kappa shape index (κ3) is 2.14. The topological polar surface area (TPSA) is 100 Å². The molecular formula is C12H10N4O3S. The van der Waals surface area contributed by atoms with Crippen molar-refractivity contribution in [2.24, 2.45) is 0 Å². The van der Waals surface area contributed by atoms with Gasteiger partial charge in [-0.2, -0.15) is 0 Å². The Labute approximate surface area is 116 Å². The first-order valence-corrected chi connectivity index (χ1v) is 6.97. The average molecular weight is 290 g/mol. The van der Waals surface area contributed by atoms with Crippen LogP contribution < -0.4 is 5.56 Å². The van der Waals surface area contributed by atoms with Crippen molar-refractivity contribution in [3.05, 3.63) is 40.4 Å². The van der Waals surface area contributed by atoms with Crippen molar-refractivity contribution in [1.82, 2.24) is 19.8 Å². The van der Waals surface area contributed by atoms with Gasteiger partial charge in [0, 0.05) is 5.39 Å². The second-order valence-electron chi connectivity index (χ2n) is 4.15. The molecule has 0 aliphatic rings. The standard InChI is InChI=1S/C12H10N4O3S/c17-10(18)6-20-5-9-13-14-11-7-3-1-2-4-8(7)12(19)15-16(9)11/h1-4H,5-6H2,(H,15,19)(H,17,18). The number of carboxylic acids is 1. The zero-order chi connectivity index (χ0) is 14.1. The molecule has 7 nitrogen and oxygen atoms in total. The zero-order valence-electron chi connectivity index (χ0n) is 10.2. The van der Waals surface area contributed by atoms with Crippen LogP contribution in [0.4, 0.5) is 0 Å². The number of fused-ring (bicyclic) bond motifs is 3. The number of nitrogens with zero attached hydrogens (tertiary/aromatic N) is 3. The van der Waals surface area contributed by atoms with E-state index in [0.29, 0.717) is 22.6 Å². The van der Waals surface area contributed by atoms with E-state index in [-0.39, 0.29) is 11.3 Å². The van der Waals surface area contributed by atoms with Crippen LogP contribution in [0.3, 0.4) is 0 Å². The first kappa shape index (κ1) is 12.7. The normalized spacial score (nSPS) is 11.2. The summed E-state index contributed by atoms with van der Waals surface area (Å²) in [6, 6.07) is 7.15. The largest absolute Gasteiger partial charge is 0.481 e. The zero-order valence-corrected chi connectivity index (χ0v) is 11.1. The SMILES string of the molecule is O=C(O)CSCc1nnc2c3ccccc3c(=O)[nH]n12. The van der Waals surface area contributed by atoms with Gasteiger partial charge < -0.3 is 5.11 Å². The van der Waals surface area contributed by atoms with Crippen LogP contribution in [-0.2, 0) is 10.5 Å². The quantitative estimate of drug-likeness (QED) is 0.740. The first-order valence-electron chi connectivity index (χ1n) is 5.81. The van der Waals surface area contributed by atoms with E-state index in [1.165, 1.54) is 16.3 Å². The first-order chi connectivity index (χ1) is 9.66. The molecule has 0 aliphatic heterocycles. The summed E-state index contributed by atoms with van der Waals surface area (Å²) in [4.78, 5) is 22.5. The van der Waals surface area contributed by atoms with E-state index < -0.39 is 5.97 Å². The molecule has 3 rings (SSSR count). The molecule has 1 aromatic carbocycles. The molecule has 20 heavy (non-hydrogen) atoms. The van der Waals surface area contributed by atoms with Gasteiger partial charge >= 0.3 is 5.97 Å². The summed E-state index contributed by atoms with van der Waals surface area (Å²) >= 11 is 1.20. The summed E-state index contributed by atoms with van der Waals surface area (Å²) in [7, 11) is 0. The van der Waals surface area contributed by atoms with Crippen molar-refractivity contribution in [3.63, 3.8) is 0 Å². The molecule has 0 bridgehead atoms. The van der Waals surface area contributed by atoms with Gasteiger partial charge in [-0.25, -0.2) is 4.52 Å². The predicted molar refractivity (Wildman–Crippen MR) is 74.9 cm³/mol. The van der Waals surface area contributed by atoms with E-state index >= 15 is 0 Å². The van der Waals surface area contributed by atoms with Crippen LogP contribution in [0.5, 0.6) is 0 Å². The fraction of sp³-hybridized carbons (Fsp3) is 0.167. The van der Waals surface area contributed by atoms with Gasteiger partial charge in [-0.05, 0) is 6.07 Å². The van der Waals surface area contributed by atoms with E-state index in [1.807, 2.05) is 12.1 Å². The van der Waals surface area contributed by atoms with Gasteiger partial charge in [-0.15, -0.1) is 22.0 Å². The Morgan fingerprint density at radius 1 is 1.30 bits per heavy atom. The fourth-order valence-electron chi connectivity index (χ4n) is 1.97. The number of carboxylic acid groups (broad SMARTS) is 1. The van der Waals surface area contributed by atoms with E-state index in [2.05, 4.69) is 15.3 Å². The smallest absolute Gasteiger partial charge is 0.313 e. The van der Waals surface area contributed by atoms with Crippen LogP contribution >= 0.6 is 11.8 Å². The lowest BCUT2D eigenvalue weighted by molar-refractivity contribution is -0.133. The molecule has 0 atom stereocenters. The van der Waals surface area contributed by atoms with Crippen molar-refractivity contribution in [2.75, 3.05) is 5.75 Å². The van der Waals surface area contributed by atoms with Crippen LogP contribution in [0.25, 0.3) is 16.4 Å². The average Bonchev–Trinajstić information content (AvgIpc) is 2.82. The van der Waals surface area contributed by atoms with E-state index in [9.17, 15) is 9.59 Å². The lowest BCUT2D eigenvalue weighted by Crippen LogP contribution is -2.13. The van der Waals surface area contributed by atoms with Gasteiger partial charge in [0.05, 0.1) is 16.9 Å². The molecule has 0 fully saturated rings. The number of hydrogen-bond donors (Lipinski definition) is 2. The highest BCUT2D eigenvalue weighted by Gasteiger charge is 2.11. The van der Waals surface area contributed by atoms with Crippen molar-refractivity contribution >= 4 is 34.2 Å². The monoisotopic (exact) mass is 290 g/mol. The number of hydrogen-bond acceptors (Lipinski definition) is 5. The molecule has 0 unspecified atom stereocenters. The number of nitrogens with one attached hydrogen (secondary N) is 1. The van der Waals surface area contributed by atoms with Crippen LogP contribution in [-0.4, -0.2) is 36.6 Å². The van der Waals surface area contributed by atoms with E-state index in [1.54, 1.807) is 12.1 Å². The number of aliphatic carboxylic acids is 1. The van der Waals surface area contributed by atoms with Crippen molar-refractivity contribution in [2.45, 2.75) is 5.75 Å². The molecule has 8 heteroatoms. The summed E-state index contributed by atoms with van der Waals surface area (Å²) in [5.74, 6) is -0.0223. The third-order valence-electron chi connectivity index (χ3n) is 2.81. The van der Waals surface area contributed by atoms with Crippen molar-refractivity contribution < 1.29 is 9.90 Å². The second-order valence-corrected chi connectivity index (χ2v) is 5.13. The number of carbonyl (C=O) groups is 1. The Balaban J connectivity index is 2.08. The van der Waals surface area contributed by atoms with E-state index in [0.717, 1.165) is 5.39 Å². The minimum Gasteiger partial charge on any atom is -0.481 e. The maximum atomic E-state index is 12.0. The van der Waals surface area contributed by atoms with Crippen LogP contribution in [0.2, 0.25) is 0 Å². The molecule has 2 aromatic heterocycles. The maximum Gasteiger partial charge on any atom is 0.313 e. The minimum atomic E-state index is -0.886. The molecule has 0 radical (unpaired) electrons. The molecule has 0 amide bonds. The molecule has 3 aromatic rings. The lowest BCUT2D eigenvalue weighted by Gasteiger charge is -2.01. The fourth-order valence-corrected chi connectivity index (χ4v) is 2.62. The van der Waals surface area contributed by atoms with E-state index in [4.69, 9.17) is 5.11 Å². The maximum absolute atomic E-state index is 12.0. The van der Waals surface area contributed by atoms with Crippen molar-refractivity contribution in [1.29, 1.82) is 0 Å². The van der Waals surface area contributed by atoms with Crippen molar-refractivity contribution in [3.8, 4) is 0 Å². The van der Waals surface area contributed by atoms with Crippen LogP contribution in [0, 0.1) is 0 Å². The van der Waals surface area contributed by atoms with Crippen LogP contribution in [0.15, 0.2) is 29.1 Å². The number of rotatable bonds is 4. The van der Waals surface area contributed by atoms with Gasteiger partial charge in [-0.1, -0.05) is 18.2 Å². The van der Waals surface area contributed by atoms with Crippen LogP contribution in [0.1, 0.15) is 5.82 Å². The number of aromatic amines is 1. The Morgan fingerprint density at radius 2 is 2.05 bits per heavy atom. The summed E-state index contributed by atoms with van der Waals surface area (Å²) in [6.45, 7) is 0. The summed E-state index contributed by atoms with van der Waals surface area (Å²) in [6.07, 6.45) is 0. The number of aromatic nitrogens is 4. The number of thioether (sulfide) groups is 1. The second kappa shape index (κ2) is 4.97. The molecular weight excluding hydrogens is 280 g/mol. The Morgan fingerprint density at radius 3 is 2.80 bits per heavy atom. The minimum absolute atomic E-state index is 0.0211. The highest BCUT2D eigenvalue weighted by Crippen LogP contribution is 2.16. The molecule has 0 aliphatic carbocycles. The van der Waals surface area contributed by atoms with Gasteiger partial charge in [0.15, 0.2) is 11.5 Å². The molecule has 0 spiro atoms. The van der Waals surface area contributed by atoms with Gasteiger partial charge in [0.25, 0.3) is 5.56 Å². The highest BCUT2D eigenvalue weighted by molar-refractivity contribution is 7.99. The lowest BCUT2D eigenvalue weighted by atomic mass is 10.2. The molecule has 2 N–H and O–H groups in total. The molecule has 102 valence electrons.